The van der Waals surface area contributed by atoms with Crippen LogP contribution in [0.5, 0.6) is 0 Å². The van der Waals surface area contributed by atoms with E-state index in [2.05, 4.69) is 23.7 Å². The molecular weight excluding hydrogens is 231 g/mol. The first kappa shape index (κ1) is 13.3. The number of halogens is 1. The van der Waals surface area contributed by atoms with Gasteiger partial charge in [0.15, 0.2) is 0 Å². The van der Waals surface area contributed by atoms with Crippen LogP contribution in [-0.4, -0.2) is 23.2 Å². The highest BCUT2D eigenvalue weighted by molar-refractivity contribution is 5.47. The molecule has 0 amide bonds. The summed E-state index contributed by atoms with van der Waals surface area (Å²) >= 11 is 0. The lowest BCUT2D eigenvalue weighted by molar-refractivity contribution is 0.236. The fourth-order valence-corrected chi connectivity index (χ4v) is 2.49. The second-order valence-corrected chi connectivity index (χ2v) is 5.45. The Hall–Kier alpha value is -1.16. The van der Waals surface area contributed by atoms with Gasteiger partial charge in [0.1, 0.15) is 11.6 Å². The first-order valence-electron chi connectivity index (χ1n) is 6.58. The number of nitrogens with zero attached hydrogens (tertiary/aromatic N) is 2. The molecule has 1 aliphatic heterocycles. The van der Waals surface area contributed by atoms with E-state index in [1.165, 1.54) is 18.7 Å². The molecule has 0 atom stereocenters. The third-order valence-electron chi connectivity index (χ3n) is 4.20. The normalized spacial score (nSPS) is 19.0. The van der Waals surface area contributed by atoms with Crippen LogP contribution in [0, 0.1) is 11.2 Å². The van der Waals surface area contributed by atoms with Gasteiger partial charge in [0.2, 0.25) is 0 Å². The summed E-state index contributed by atoms with van der Waals surface area (Å²) in [7, 11) is 0. The third-order valence-corrected chi connectivity index (χ3v) is 4.20. The molecule has 1 aliphatic rings. The average Bonchev–Trinajstić information content (AvgIpc) is 2.40. The summed E-state index contributed by atoms with van der Waals surface area (Å²) in [5.74, 6) is 0.343. The standard InChI is InChI=1S/C14H21FN2O/c1-3-14(2)4-6-17(7-5-14)13-11(10-18)8-12(15)9-16-13/h8-9,18H,3-7,10H2,1-2H3. The van der Waals surface area contributed by atoms with E-state index in [9.17, 15) is 9.50 Å². The smallest absolute Gasteiger partial charge is 0.142 e. The minimum absolute atomic E-state index is 0.165. The summed E-state index contributed by atoms with van der Waals surface area (Å²) in [4.78, 5) is 6.29. The van der Waals surface area contributed by atoms with Crippen molar-refractivity contribution in [2.75, 3.05) is 18.0 Å². The van der Waals surface area contributed by atoms with Crippen molar-refractivity contribution in [2.24, 2.45) is 5.41 Å². The van der Waals surface area contributed by atoms with Crippen LogP contribution in [0.2, 0.25) is 0 Å². The second-order valence-electron chi connectivity index (χ2n) is 5.45. The maximum absolute atomic E-state index is 13.1. The van der Waals surface area contributed by atoms with Gasteiger partial charge < -0.3 is 10.0 Å². The van der Waals surface area contributed by atoms with Crippen molar-refractivity contribution in [3.8, 4) is 0 Å². The van der Waals surface area contributed by atoms with Crippen molar-refractivity contribution in [3.63, 3.8) is 0 Å². The predicted octanol–water partition coefficient (Wildman–Crippen LogP) is 2.73. The van der Waals surface area contributed by atoms with E-state index in [1.807, 2.05) is 0 Å². The zero-order valence-electron chi connectivity index (χ0n) is 11.1. The van der Waals surface area contributed by atoms with Gasteiger partial charge >= 0.3 is 0 Å². The Morgan fingerprint density at radius 3 is 2.67 bits per heavy atom. The highest BCUT2D eigenvalue weighted by atomic mass is 19.1. The van der Waals surface area contributed by atoms with Gasteiger partial charge in [-0.1, -0.05) is 20.3 Å². The maximum Gasteiger partial charge on any atom is 0.142 e. The summed E-state index contributed by atoms with van der Waals surface area (Å²) in [6.07, 6.45) is 4.65. The molecule has 2 heterocycles. The fourth-order valence-electron chi connectivity index (χ4n) is 2.49. The molecule has 0 spiro atoms. The summed E-state index contributed by atoms with van der Waals surface area (Å²) in [5.41, 5.74) is 0.991. The second kappa shape index (κ2) is 5.22. The zero-order chi connectivity index (χ0) is 13.2. The van der Waals surface area contributed by atoms with Crippen molar-refractivity contribution >= 4 is 5.82 Å². The highest BCUT2D eigenvalue weighted by Crippen LogP contribution is 2.35. The number of anilines is 1. The lowest BCUT2D eigenvalue weighted by atomic mass is 9.78. The molecule has 4 heteroatoms. The van der Waals surface area contributed by atoms with E-state index in [0.717, 1.165) is 31.7 Å². The fraction of sp³-hybridized carbons (Fsp3) is 0.643. The Morgan fingerprint density at radius 2 is 2.11 bits per heavy atom. The maximum atomic E-state index is 13.1. The molecule has 1 aromatic rings. The third kappa shape index (κ3) is 2.64. The van der Waals surface area contributed by atoms with Gasteiger partial charge in [-0.25, -0.2) is 9.37 Å². The van der Waals surface area contributed by atoms with Crippen molar-refractivity contribution in [2.45, 2.75) is 39.7 Å². The molecule has 0 radical (unpaired) electrons. The number of aliphatic hydroxyl groups is 1. The lowest BCUT2D eigenvalue weighted by Gasteiger charge is -2.40. The van der Waals surface area contributed by atoms with Gasteiger partial charge in [-0.2, -0.15) is 0 Å². The molecule has 0 unspecified atom stereocenters. The van der Waals surface area contributed by atoms with E-state index in [4.69, 9.17) is 0 Å². The molecule has 1 fully saturated rings. The van der Waals surface area contributed by atoms with Crippen molar-refractivity contribution < 1.29 is 9.50 Å². The van der Waals surface area contributed by atoms with Crippen LogP contribution in [0.3, 0.4) is 0 Å². The number of rotatable bonds is 3. The van der Waals surface area contributed by atoms with E-state index in [0.29, 0.717) is 11.0 Å². The minimum atomic E-state index is -0.391. The van der Waals surface area contributed by atoms with Gasteiger partial charge in [-0.05, 0) is 24.3 Å². The van der Waals surface area contributed by atoms with Crippen LogP contribution in [0.1, 0.15) is 38.7 Å². The van der Waals surface area contributed by atoms with E-state index < -0.39 is 5.82 Å². The minimum Gasteiger partial charge on any atom is -0.392 e. The molecule has 1 N–H and O–H groups in total. The van der Waals surface area contributed by atoms with Crippen molar-refractivity contribution in [3.05, 3.63) is 23.6 Å². The predicted molar refractivity (Wildman–Crippen MR) is 70.0 cm³/mol. The number of hydrogen-bond acceptors (Lipinski definition) is 3. The van der Waals surface area contributed by atoms with Crippen molar-refractivity contribution in [1.29, 1.82) is 0 Å². The van der Waals surface area contributed by atoms with Gasteiger partial charge in [-0.3, -0.25) is 0 Å². The molecule has 2 rings (SSSR count). The zero-order valence-corrected chi connectivity index (χ0v) is 11.1. The number of aliphatic hydroxyl groups excluding tert-OH is 1. The monoisotopic (exact) mass is 252 g/mol. The van der Waals surface area contributed by atoms with Gasteiger partial charge in [0, 0.05) is 18.7 Å². The SMILES string of the molecule is CCC1(C)CCN(c2ncc(F)cc2CO)CC1. The summed E-state index contributed by atoms with van der Waals surface area (Å²) < 4.78 is 13.1. The Kier molecular flexibility index (Phi) is 3.85. The van der Waals surface area contributed by atoms with Crippen LogP contribution in [0.15, 0.2) is 12.3 Å². The number of piperidine rings is 1. The van der Waals surface area contributed by atoms with Gasteiger partial charge in [0.25, 0.3) is 0 Å². The Labute approximate surface area is 108 Å². The molecule has 1 aromatic heterocycles. The van der Waals surface area contributed by atoms with E-state index in [1.54, 1.807) is 0 Å². The Morgan fingerprint density at radius 1 is 1.44 bits per heavy atom. The molecule has 100 valence electrons. The van der Waals surface area contributed by atoms with Gasteiger partial charge in [0.05, 0.1) is 12.8 Å². The molecule has 0 bridgehead atoms. The summed E-state index contributed by atoms with van der Waals surface area (Å²) in [6, 6.07) is 1.37. The topological polar surface area (TPSA) is 36.4 Å². The van der Waals surface area contributed by atoms with Crippen LogP contribution in [0.25, 0.3) is 0 Å². The quantitative estimate of drug-likeness (QED) is 0.898. The molecule has 3 nitrogen and oxygen atoms in total. The molecule has 0 saturated carbocycles. The Balaban J connectivity index is 2.14. The highest BCUT2D eigenvalue weighted by Gasteiger charge is 2.29. The lowest BCUT2D eigenvalue weighted by Crippen LogP contribution is -2.39. The Bertz CT molecular complexity index is 414. The first-order chi connectivity index (χ1) is 8.58. The molecule has 0 aromatic carbocycles. The number of hydrogen-bond donors (Lipinski definition) is 1. The van der Waals surface area contributed by atoms with E-state index in [-0.39, 0.29) is 6.61 Å². The van der Waals surface area contributed by atoms with E-state index >= 15 is 0 Å². The average molecular weight is 252 g/mol. The van der Waals surface area contributed by atoms with Crippen LogP contribution >= 0.6 is 0 Å². The molecular formula is C14H21FN2O. The van der Waals surface area contributed by atoms with Gasteiger partial charge in [-0.15, -0.1) is 0 Å². The first-order valence-corrected chi connectivity index (χ1v) is 6.58. The summed E-state index contributed by atoms with van der Waals surface area (Å²) in [6.45, 7) is 6.23. The van der Waals surface area contributed by atoms with Crippen LogP contribution < -0.4 is 4.90 Å². The number of pyridine rings is 1. The van der Waals surface area contributed by atoms with Crippen LogP contribution in [0.4, 0.5) is 10.2 Å². The molecule has 1 saturated heterocycles. The van der Waals surface area contributed by atoms with Crippen LogP contribution in [-0.2, 0) is 6.61 Å². The summed E-state index contributed by atoms with van der Waals surface area (Å²) in [5, 5.41) is 9.29. The molecule has 0 aliphatic carbocycles. The molecule has 18 heavy (non-hydrogen) atoms. The van der Waals surface area contributed by atoms with Crippen molar-refractivity contribution in [1.82, 2.24) is 4.98 Å². The number of aromatic nitrogens is 1. The largest absolute Gasteiger partial charge is 0.392 e.